The largest absolute Gasteiger partial charge is 0.482 e. The molecule has 5 heteroatoms. The van der Waals surface area contributed by atoms with Gasteiger partial charge in [-0.05, 0) is 30.2 Å². The summed E-state index contributed by atoms with van der Waals surface area (Å²) in [5.74, 6) is -0.627. The van der Waals surface area contributed by atoms with Gasteiger partial charge in [-0.25, -0.2) is 4.79 Å². The first-order valence-corrected chi connectivity index (χ1v) is 4.92. The monoisotopic (exact) mass is 221 g/mol. The van der Waals surface area contributed by atoms with Gasteiger partial charge in [0.05, 0.1) is 0 Å². The number of amides is 1. The number of carbonyl (C=O) groups is 2. The highest BCUT2D eigenvalue weighted by Crippen LogP contribution is 2.20. The Kier molecular flexibility index (Phi) is 2.76. The number of hydrogen-bond acceptors (Lipinski definition) is 3. The Bertz CT molecular complexity index is 442. The highest BCUT2D eigenvalue weighted by atomic mass is 16.5. The van der Waals surface area contributed by atoms with Crippen molar-refractivity contribution in [1.29, 1.82) is 0 Å². The SMILES string of the molecule is O=C(O)COc1ccc2c(c1)CCNC2=O. The molecule has 1 aromatic rings. The van der Waals surface area contributed by atoms with Gasteiger partial charge in [0, 0.05) is 12.1 Å². The van der Waals surface area contributed by atoms with Crippen molar-refractivity contribution in [3.05, 3.63) is 29.3 Å². The Hall–Kier alpha value is -2.04. The molecule has 2 rings (SSSR count). The first-order valence-electron chi connectivity index (χ1n) is 4.92. The summed E-state index contributed by atoms with van der Waals surface area (Å²) in [6.07, 6.45) is 0.741. The molecule has 0 atom stereocenters. The number of benzene rings is 1. The molecular formula is C11H11NO4. The van der Waals surface area contributed by atoms with Gasteiger partial charge in [-0.3, -0.25) is 4.79 Å². The first kappa shape index (κ1) is 10.5. The van der Waals surface area contributed by atoms with Crippen LogP contribution >= 0.6 is 0 Å². The highest BCUT2D eigenvalue weighted by Gasteiger charge is 2.16. The van der Waals surface area contributed by atoms with E-state index in [-0.39, 0.29) is 12.5 Å². The van der Waals surface area contributed by atoms with Crippen LogP contribution in [0.4, 0.5) is 0 Å². The van der Waals surface area contributed by atoms with E-state index in [1.807, 2.05) is 0 Å². The van der Waals surface area contributed by atoms with Crippen LogP contribution in [0.3, 0.4) is 0 Å². The number of fused-ring (bicyclic) bond motifs is 1. The minimum atomic E-state index is -1.02. The molecule has 0 aromatic heterocycles. The Morgan fingerprint density at radius 1 is 1.50 bits per heavy atom. The fourth-order valence-corrected chi connectivity index (χ4v) is 1.64. The predicted octanol–water partition coefficient (Wildman–Crippen LogP) is 0.436. The van der Waals surface area contributed by atoms with Crippen LogP contribution in [0.2, 0.25) is 0 Å². The van der Waals surface area contributed by atoms with Gasteiger partial charge in [-0.1, -0.05) is 0 Å². The fraction of sp³-hybridized carbons (Fsp3) is 0.273. The van der Waals surface area contributed by atoms with E-state index in [4.69, 9.17) is 9.84 Å². The van der Waals surface area contributed by atoms with E-state index in [0.29, 0.717) is 17.9 Å². The van der Waals surface area contributed by atoms with Gasteiger partial charge in [-0.2, -0.15) is 0 Å². The fourth-order valence-electron chi connectivity index (χ4n) is 1.64. The maximum Gasteiger partial charge on any atom is 0.341 e. The molecule has 0 saturated carbocycles. The van der Waals surface area contributed by atoms with Crippen LogP contribution < -0.4 is 10.1 Å². The molecule has 0 fully saturated rings. The van der Waals surface area contributed by atoms with Gasteiger partial charge in [-0.15, -0.1) is 0 Å². The molecule has 16 heavy (non-hydrogen) atoms. The molecule has 1 aliphatic rings. The average Bonchev–Trinajstić information content (AvgIpc) is 2.26. The minimum absolute atomic E-state index is 0.0916. The van der Waals surface area contributed by atoms with Gasteiger partial charge in [0.15, 0.2) is 6.61 Å². The molecule has 1 aromatic carbocycles. The molecule has 0 spiro atoms. The average molecular weight is 221 g/mol. The van der Waals surface area contributed by atoms with E-state index in [1.165, 1.54) is 0 Å². The van der Waals surface area contributed by atoms with Crippen LogP contribution in [-0.2, 0) is 11.2 Å². The van der Waals surface area contributed by atoms with Crippen LogP contribution in [0.1, 0.15) is 15.9 Å². The van der Waals surface area contributed by atoms with Crippen LogP contribution in [0.25, 0.3) is 0 Å². The second-order valence-electron chi connectivity index (χ2n) is 3.51. The first-order chi connectivity index (χ1) is 7.66. The molecule has 0 bridgehead atoms. The maximum absolute atomic E-state index is 11.4. The molecule has 1 heterocycles. The summed E-state index contributed by atoms with van der Waals surface area (Å²) in [4.78, 5) is 21.7. The van der Waals surface area contributed by atoms with Crippen LogP contribution in [0, 0.1) is 0 Å². The summed E-state index contributed by atoms with van der Waals surface area (Å²) in [6, 6.07) is 4.98. The highest BCUT2D eigenvalue weighted by molar-refractivity contribution is 5.96. The second-order valence-corrected chi connectivity index (χ2v) is 3.51. The van der Waals surface area contributed by atoms with Crippen molar-refractivity contribution in [3.8, 4) is 5.75 Å². The van der Waals surface area contributed by atoms with E-state index >= 15 is 0 Å². The van der Waals surface area contributed by atoms with Crippen molar-refractivity contribution in [2.45, 2.75) is 6.42 Å². The maximum atomic E-state index is 11.4. The molecule has 0 unspecified atom stereocenters. The van der Waals surface area contributed by atoms with Gasteiger partial charge in [0.2, 0.25) is 0 Å². The van der Waals surface area contributed by atoms with Crippen molar-refractivity contribution in [3.63, 3.8) is 0 Å². The van der Waals surface area contributed by atoms with Gasteiger partial charge in [0.25, 0.3) is 5.91 Å². The minimum Gasteiger partial charge on any atom is -0.482 e. The van der Waals surface area contributed by atoms with Crippen molar-refractivity contribution in [1.82, 2.24) is 5.32 Å². The van der Waals surface area contributed by atoms with Gasteiger partial charge in [0.1, 0.15) is 5.75 Å². The predicted molar refractivity (Wildman–Crippen MR) is 55.6 cm³/mol. The molecule has 84 valence electrons. The van der Waals surface area contributed by atoms with Crippen LogP contribution in [-0.4, -0.2) is 30.1 Å². The lowest BCUT2D eigenvalue weighted by atomic mass is 10.0. The van der Waals surface area contributed by atoms with Crippen molar-refractivity contribution in [2.24, 2.45) is 0 Å². The van der Waals surface area contributed by atoms with Gasteiger partial charge < -0.3 is 15.2 Å². The quantitative estimate of drug-likeness (QED) is 0.776. The number of ether oxygens (including phenoxy) is 1. The lowest BCUT2D eigenvalue weighted by Crippen LogP contribution is -2.31. The van der Waals surface area contributed by atoms with E-state index in [1.54, 1.807) is 18.2 Å². The molecule has 0 aliphatic carbocycles. The standard InChI is InChI=1S/C11H11NO4/c13-10(14)6-16-8-1-2-9-7(5-8)3-4-12-11(9)15/h1-2,5H,3-4,6H2,(H,12,15)(H,13,14). The van der Waals surface area contributed by atoms with E-state index in [2.05, 4.69) is 5.32 Å². The smallest absolute Gasteiger partial charge is 0.341 e. The van der Waals surface area contributed by atoms with Gasteiger partial charge >= 0.3 is 5.97 Å². The Labute approximate surface area is 92.0 Å². The number of rotatable bonds is 3. The van der Waals surface area contributed by atoms with Crippen LogP contribution in [0.5, 0.6) is 5.75 Å². The molecular weight excluding hydrogens is 210 g/mol. The lowest BCUT2D eigenvalue weighted by Gasteiger charge is -2.17. The zero-order valence-electron chi connectivity index (χ0n) is 8.53. The van der Waals surface area contributed by atoms with E-state index in [9.17, 15) is 9.59 Å². The number of carboxylic acid groups (broad SMARTS) is 1. The number of hydrogen-bond donors (Lipinski definition) is 2. The third kappa shape index (κ3) is 2.13. The van der Waals surface area contributed by atoms with Crippen LogP contribution in [0.15, 0.2) is 18.2 Å². The summed E-state index contributed by atoms with van der Waals surface area (Å²) in [6.45, 7) is 0.235. The zero-order valence-corrected chi connectivity index (χ0v) is 8.53. The summed E-state index contributed by atoms with van der Waals surface area (Å²) in [5.41, 5.74) is 1.53. The molecule has 0 radical (unpaired) electrons. The third-order valence-corrected chi connectivity index (χ3v) is 2.36. The molecule has 2 N–H and O–H groups in total. The van der Waals surface area contributed by atoms with Crippen molar-refractivity contribution >= 4 is 11.9 Å². The Morgan fingerprint density at radius 2 is 2.31 bits per heavy atom. The van der Waals surface area contributed by atoms with E-state index in [0.717, 1.165) is 12.0 Å². The van der Waals surface area contributed by atoms with Crippen molar-refractivity contribution in [2.75, 3.05) is 13.2 Å². The molecule has 0 saturated heterocycles. The topological polar surface area (TPSA) is 75.6 Å². The Morgan fingerprint density at radius 3 is 3.06 bits per heavy atom. The summed E-state index contributed by atoms with van der Waals surface area (Å²) in [5, 5.41) is 11.2. The molecule has 5 nitrogen and oxygen atoms in total. The normalized spacial score (nSPS) is 13.9. The van der Waals surface area contributed by atoms with E-state index < -0.39 is 5.97 Å². The molecule has 1 aliphatic heterocycles. The zero-order chi connectivity index (χ0) is 11.5. The summed E-state index contributed by atoms with van der Waals surface area (Å²) in [7, 11) is 0. The van der Waals surface area contributed by atoms with Crippen molar-refractivity contribution < 1.29 is 19.4 Å². The number of aliphatic carboxylic acids is 1. The number of carboxylic acids is 1. The summed E-state index contributed by atoms with van der Waals surface area (Å²) >= 11 is 0. The molecule has 1 amide bonds. The number of nitrogens with one attached hydrogen (secondary N) is 1. The number of carbonyl (C=O) groups excluding carboxylic acids is 1. The summed E-state index contributed by atoms with van der Waals surface area (Å²) < 4.78 is 5.04. The Balaban J connectivity index is 2.18. The third-order valence-electron chi connectivity index (χ3n) is 2.36. The second kappa shape index (κ2) is 4.22. The lowest BCUT2D eigenvalue weighted by molar-refractivity contribution is -0.139.